The minimum absolute atomic E-state index is 0.282. The molecule has 1 aromatic carbocycles. The predicted octanol–water partition coefficient (Wildman–Crippen LogP) is 2.80. The largest absolute Gasteiger partial charge is 0.497 e. The van der Waals surface area contributed by atoms with E-state index in [2.05, 4.69) is 42.6 Å². The van der Waals surface area contributed by atoms with E-state index in [4.69, 9.17) is 4.74 Å². The molecule has 1 atom stereocenters. The van der Waals surface area contributed by atoms with Gasteiger partial charge in [-0.05, 0) is 43.1 Å². The van der Waals surface area contributed by atoms with Crippen LogP contribution in [-0.2, 0) is 13.0 Å². The fourth-order valence-electron chi connectivity index (χ4n) is 2.33. The summed E-state index contributed by atoms with van der Waals surface area (Å²) in [5, 5.41) is 7.87. The summed E-state index contributed by atoms with van der Waals surface area (Å²) in [6, 6.07) is 8.53. The quantitative estimate of drug-likeness (QED) is 0.843. The van der Waals surface area contributed by atoms with Crippen LogP contribution in [0.2, 0.25) is 0 Å². The highest BCUT2D eigenvalue weighted by molar-refractivity contribution is 5.31. The molecule has 0 aliphatic carbocycles. The van der Waals surface area contributed by atoms with Gasteiger partial charge in [0.05, 0.1) is 13.3 Å². The fraction of sp³-hybridized carbons (Fsp3) is 0.438. The minimum Gasteiger partial charge on any atom is -0.497 e. The number of aromatic nitrogens is 2. The van der Waals surface area contributed by atoms with Gasteiger partial charge >= 0.3 is 0 Å². The van der Waals surface area contributed by atoms with Crippen LogP contribution in [0.3, 0.4) is 0 Å². The first kappa shape index (κ1) is 14.6. The van der Waals surface area contributed by atoms with Crippen molar-refractivity contribution < 1.29 is 4.74 Å². The highest BCUT2D eigenvalue weighted by atomic mass is 16.5. The van der Waals surface area contributed by atoms with Crippen molar-refractivity contribution in [2.45, 2.75) is 32.9 Å². The Balaban J connectivity index is 2.16. The lowest BCUT2D eigenvalue weighted by Crippen LogP contribution is -2.22. The van der Waals surface area contributed by atoms with Crippen molar-refractivity contribution >= 4 is 0 Å². The molecule has 0 amide bonds. The van der Waals surface area contributed by atoms with Gasteiger partial charge in [0.1, 0.15) is 5.75 Å². The molecule has 1 unspecified atom stereocenters. The van der Waals surface area contributed by atoms with Crippen LogP contribution in [0.1, 0.15) is 31.0 Å². The van der Waals surface area contributed by atoms with Crippen LogP contribution in [0, 0.1) is 0 Å². The number of rotatable bonds is 7. The van der Waals surface area contributed by atoms with Crippen molar-refractivity contribution in [2.75, 3.05) is 13.7 Å². The average molecular weight is 273 g/mol. The third-order valence-corrected chi connectivity index (χ3v) is 3.40. The van der Waals surface area contributed by atoms with Crippen molar-refractivity contribution in [2.24, 2.45) is 0 Å². The van der Waals surface area contributed by atoms with E-state index in [1.807, 2.05) is 23.0 Å². The molecule has 0 aliphatic rings. The third-order valence-electron chi connectivity index (χ3n) is 3.40. The number of hydrogen-bond donors (Lipinski definition) is 1. The fourth-order valence-corrected chi connectivity index (χ4v) is 2.33. The summed E-state index contributed by atoms with van der Waals surface area (Å²) in [4.78, 5) is 0. The molecule has 1 heterocycles. The minimum atomic E-state index is 0.282. The van der Waals surface area contributed by atoms with E-state index < -0.39 is 0 Å². The van der Waals surface area contributed by atoms with Gasteiger partial charge in [-0.1, -0.05) is 19.1 Å². The number of ether oxygens (including phenoxy) is 1. The molecular weight excluding hydrogens is 250 g/mol. The topological polar surface area (TPSA) is 39.1 Å². The number of likely N-dealkylation sites (N-methyl/N-ethyl adjacent to an activating group) is 1. The van der Waals surface area contributed by atoms with Crippen LogP contribution in [0.15, 0.2) is 36.7 Å². The average Bonchev–Trinajstić information content (AvgIpc) is 2.94. The zero-order valence-electron chi connectivity index (χ0n) is 12.5. The Bertz CT molecular complexity index is 536. The molecule has 2 aromatic rings. The number of hydrogen-bond acceptors (Lipinski definition) is 3. The molecule has 0 radical (unpaired) electrons. The van der Waals surface area contributed by atoms with E-state index in [0.29, 0.717) is 0 Å². The Morgan fingerprint density at radius 2 is 2.20 bits per heavy atom. The molecule has 1 N–H and O–H groups in total. The van der Waals surface area contributed by atoms with Gasteiger partial charge in [-0.3, -0.25) is 4.68 Å². The van der Waals surface area contributed by atoms with Crippen LogP contribution in [0.5, 0.6) is 5.75 Å². The summed E-state index contributed by atoms with van der Waals surface area (Å²) in [5.74, 6) is 0.898. The van der Waals surface area contributed by atoms with Gasteiger partial charge in [0.2, 0.25) is 0 Å². The number of aryl methyl sites for hydroxylation is 1. The Hall–Kier alpha value is -1.81. The highest BCUT2D eigenvalue weighted by Crippen LogP contribution is 2.22. The van der Waals surface area contributed by atoms with E-state index >= 15 is 0 Å². The van der Waals surface area contributed by atoms with Crippen LogP contribution >= 0.6 is 0 Å². The molecule has 2 rings (SSSR count). The summed E-state index contributed by atoms with van der Waals surface area (Å²) in [6.45, 7) is 6.07. The van der Waals surface area contributed by atoms with Crippen LogP contribution in [-0.4, -0.2) is 23.4 Å². The summed E-state index contributed by atoms with van der Waals surface area (Å²) < 4.78 is 7.27. The second-order valence-electron chi connectivity index (χ2n) is 4.80. The maximum atomic E-state index is 5.31. The molecule has 0 fully saturated rings. The van der Waals surface area contributed by atoms with Crippen molar-refractivity contribution in [1.29, 1.82) is 0 Å². The first-order valence-electron chi connectivity index (χ1n) is 7.15. The highest BCUT2D eigenvalue weighted by Gasteiger charge is 2.13. The molecule has 4 nitrogen and oxygen atoms in total. The molecule has 20 heavy (non-hydrogen) atoms. The maximum Gasteiger partial charge on any atom is 0.119 e. The van der Waals surface area contributed by atoms with E-state index in [9.17, 15) is 0 Å². The lowest BCUT2D eigenvalue weighted by atomic mass is 10.0. The van der Waals surface area contributed by atoms with E-state index in [1.54, 1.807) is 7.11 Å². The zero-order valence-corrected chi connectivity index (χ0v) is 12.5. The summed E-state index contributed by atoms with van der Waals surface area (Å²) in [5.41, 5.74) is 2.50. The normalized spacial score (nSPS) is 12.3. The second-order valence-corrected chi connectivity index (χ2v) is 4.80. The molecule has 1 aromatic heterocycles. The molecule has 0 saturated carbocycles. The van der Waals surface area contributed by atoms with Crippen LogP contribution in [0.4, 0.5) is 0 Å². The van der Waals surface area contributed by atoms with Crippen LogP contribution < -0.4 is 10.1 Å². The maximum absolute atomic E-state index is 5.31. The Kier molecular flexibility index (Phi) is 5.18. The summed E-state index contributed by atoms with van der Waals surface area (Å²) in [7, 11) is 1.70. The Morgan fingerprint density at radius 1 is 1.35 bits per heavy atom. The number of nitrogens with one attached hydrogen (secondary N) is 1. The lowest BCUT2D eigenvalue weighted by Gasteiger charge is -2.18. The monoisotopic (exact) mass is 273 g/mol. The number of nitrogens with zero attached hydrogens (tertiary/aromatic N) is 2. The van der Waals surface area contributed by atoms with Gasteiger partial charge in [-0.15, -0.1) is 0 Å². The third kappa shape index (κ3) is 3.61. The van der Waals surface area contributed by atoms with E-state index in [1.165, 1.54) is 11.1 Å². The first-order valence-corrected chi connectivity index (χ1v) is 7.15. The molecule has 0 spiro atoms. The van der Waals surface area contributed by atoms with Crippen molar-refractivity contribution in [3.05, 3.63) is 47.8 Å². The molecule has 0 aliphatic heterocycles. The van der Waals surface area contributed by atoms with Gasteiger partial charge in [0, 0.05) is 18.8 Å². The zero-order chi connectivity index (χ0) is 14.4. The number of benzene rings is 1. The standard InChI is InChI=1S/C16H23N3O/c1-4-17-16(9-13-11-18-19(5-2)12-13)14-7-6-8-15(10-14)20-3/h6-8,10-12,16-17H,4-5,9H2,1-3H3. The first-order chi connectivity index (χ1) is 9.76. The van der Waals surface area contributed by atoms with Gasteiger partial charge in [0.25, 0.3) is 0 Å². The SMILES string of the molecule is CCNC(Cc1cnn(CC)c1)c1cccc(OC)c1. The lowest BCUT2D eigenvalue weighted by molar-refractivity contribution is 0.413. The second kappa shape index (κ2) is 7.10. The smallest absolute Gasteiger partial charge is 0.119 e. The van der Waals surface area contributed by atoms with E-state index in [0.717, 1.165) is 25.3 Å². The van der Waals surface area contributed by atoms with Gasteiger partial charge < -0.3 is 10.1 Å². The summed E-state index contributed by atoms with van der Waals surface area (Å²) in [6.07, 6.45) is 5.00. The van der Waals surface area contributed by atoms with Gasteiger partial charge in [-0.2, -0.15) is 5.10 Å². The van der Waals surface area contributed by atoms with Crippen LogP contribution in [0.25, 0.3) is 0 Å². The van der Waals surface area contributed by atoms with Crippen molar-refractivity contribution in [3.63, 3.8) is 0 Å². The molecule has 108 valence electrons. The van der Waals surface area contributed by atoms with Gasteiger partial charge in [0.15, 0.2) is 0 Å². The Morgan fingerprint density at radius 3 is 2.85 bits per heavy atom. The van der Waals surface area contributed by atoms with Crippen molar-refractivity contribution in [1.82, 2.24) is 15.1 Å². The molecule has 0 saturated heterocycles. The Labute approximate surface area is 120 Å². The van der Waals surface area contributed by atoms with Crippen molar-refractivity contribution in [3.8, 4) is 5.75 Å². The predicted molar refractivity (Wildman–Crippen MR) is 81.0 cm³/mol. The molecule has 4 heteroatoms. The molecule has 0 bridgehead atoms. The molecular formula is C16H23N3O. The summed E-state index contributed by atoms with van der Waals surface area (Å²) >= 11 is 0. The van der Waals surface area contributed by atoms with E-state index in [-0.39, 0.29) is 6.04 Å². The van der Waals surface area contributed by atoms with Gasteiger partial charge in [-0.25, -0.2) is 0 Å². The number of methoxy groups -OCH3 is 1.